The third-order valence-electron chi connectivity index (χ3n) is 3.44. The zero-order valence-electron chi connectivity index (χ0n) is 12.9. The van der Waals surface area contributed by atoms with E-state index in [9.17, 15) is 4.79 Å². The molecule has 2 aromatic carbocycles. The van der Waals surface area contributed by atoms with Crippen molar-refractivity contribution < 1.29 is 4.79 Å². The fourth-order valence-corrected chi connectivity index (χ4v) is 2.76. The van der Waals surface area contributed by atoms with Crippen LogP contribution < -0.4 is 9.62 Å². The number of halogens is 2. The van der Waals surface area contributed by atoms with Crippen LogP contribution in [0.1, 0.15) is 5.56 Å². The first kappa shape index (κ1) is 17.7. The van der Waals surface area contributed by atoms with Crippen molar-refractivity contribution >= 4 is 53.7 Å². The van der Waals surface area contributed by atoms with E-state index in [1.807, 2.05) is 34.9 Å². The van der Waals surface area contributed by atoms with Crippen LogP contribution in [0.4, 0.5) is 16.4 Å². The van der Waals surface area contributed by atoms with Crippen LogP contribution >= 0.6 is 36.0 Å². The number of imidazole rings is 1. The molecule has 0 saturated heterocycles. The second-order valence-electron chi connectivity index (χ2n) is 5.21. The maximum absolute atomic E-state index is 12.4. The van der Waals surface area contributed by atoms with Gasteiger partial charge in [-0.1, -0.05) is 66.3 Å². The Morgan fingerprint density at radius 2 is 1.92 bits per heavy atom. The molecule has 3 aromatic rings. The summed E-state index contributed by atoms with van der Waals surface area (Å²) in [4.78, 5) is 16.6. The summed E-state index contributed by atoms with van der Waals surface area (Å²) in [7, 11) is 0. The molecule has 8 heteroatoms. The number of thiol groups is 1. The number of carbonyl (C=O) groups is 1. The minimum atomic E-state index is -0.456. The molecule has 0 atom stereocenters. The largest absolute Gasteiger partial charge is 0.338 e. The van der Waals surface area contributed by atoms with E-state index in [2.05, 4.69) is 23.1 Å². The second-order valence-corrected chi connectivity index (χ2v) is 6.43. The van der Waals surface area contributed by atoms with Crippen LogP contribution in [-0.4, -0.2) is 15.6 Å². The van der Waals surface area contributed by atoms with E-state index in [0.717, 1.165) is 9.87 Å². The average molecular weight is 393 g/mol. The number of nitrogens with zero attached hydrogens (tertiary/aromatic N) is 3. The molecular weight excluding hydrogens is 379 g/mol. The molecule has 0 radical (unpaired) electrons. The summed E-state index contributed by atoms with van der Waals surface area (Å²) >= 11 is 16.1. The normalized spacial score (nSPS) is 10.5. The molecular formula is C17H14Cl2N4OS. The van der Waals surface area contributed by atoms with E-state index >= 15 is 0 Å². The summed E-state index contributed by atoms with van der Waals surface area (Å²) in [5.74, 6) is 0.407. The lowest BCUT2D eigenvalue weighted by Gasteiger charge is -2.17. The van der Waals surface area contributed by atoms with Gasteiger partial charge < -0.3 is 9.88 Å². The fourth-order valence-electron chi connectivity index (χ4n) is 2.24. The lowest BCUT2D eigenvalue weighted by molar-refractivity contribution is 0.260. The minimum absolute atomic E-state index is 0.357. The Kier molecular flexibility index (Phi) is 5.53. The fraction of sp³-hybridized carbons (Fsp3) is 0.0588. The number of urea groups is 1. The molecule has 1 N–H and O–H groups in total. The van der Waals surface area contributed by atoms with Gasteiger partial charge in [-0.25, -0.2) is 14.1 Å². The predicted octanol–water partition coefficient (Wildman–Crippen LogP) is 5.12. The molecule has 0 fully saturated rings. The van der Waals surface area contributed by atoms with Crippen molar-refractivity contribution in [3.05, 3.63) is 76.5 Å². The lowest BCUT2D eigenvalue weighted by atomic mass is 10.2. The molecule has 3 rings (SSSR count). The first-order chi connectivity index (χ1) is 12.0. The first-order valence-electron chi connectivity index (χ1n) is 7.34. The highest BCUT2D eigenvalue weighted by Gasteiger charge is 2.18. The summed E-state index contributed by atoms with van der Waals surface area (Å²) in [5, 5.41) is 3.48. The van der Waals surface area contributed by atoms with E-state index in [0.29, 0.717) is 28.2 Å². The van der Waals surface area contributed by atoms with E-state index in [4.69, 9.17) is 23.2 Å². The number of hydrogen-bond acceptors (Lipinski definition) is 3. The Morgan fingerprint density at radius 3 is 2.64 bits per heavy atom. The predicted molar refractivity (Wildman–Crippen MR) is 105 cm³/mol. The Bertz CT molecular complexity index is 885. The van der Waals surface area contributed by atoms with Crippen LogP contribution in [0.15, 0.2) is 60.9 Å². The number of aromatic nitrogens is 2. The van der Waals surface area contributed by atoms with Crippen molar-refractivity contribution in [3.63, 3.8) is 0 Å². The van der Waals surface area contributed by atoms with Crippen LogP contribution in [0.3, 0.4) is 0 Å². The van der Waals surface area contributed by atoms with Crippen molar-refractivity contribution in [2.45, 2.75) is 6.54 Å². The van der Waals surface area contributed by atoms with Gasteiger partial charge in [-0.2, -0.15) is 0 Å². The van der Waals surface area contributed by atoms with Gasteiger partial charge in [0.25, 0.3) is 0 Å². The van der Waals surface area contributed by atoms with Crippen molar-refractivity contribution in [2.24, 2.45) is 0 Å². The molecule has 128 valence electrons. The summed E-state index contributed by atoms with van der Waals surface area (Å²) in [6.07, 6.45) is 3.41. The molecule has 0 unspecified atom stereocenters. The number of amides is 2. The average Bonchev–Trinajstić information content (AvgIpc) is 3.06. The number of anilines is 2. The maximum atomic E-state index is 12.4. The molecule has 0 spiro atoms. The standard InChI is InChI=1S/C17H14Cl2N4OS/c18-14-7-6-13(10-15(14)19)21-17(24)23(25)16-20-8-9-22(16)11-12-4-2-1-3-5-12/h1-10,25H,11H2,(H,21,24). The van der Waals surface area contributed by atoms with Crippen LogP contribution in [0, 0.1) is 0 Å². The van der Waals surface area contributed by atoms with E-state index in [1.54, 1.807) is 30.6 Å². The van der Waals surface area contributed by atoms with E-state index in [1.165, 1.54) is 0 Å². The quantitative estimate of drug-likeness (QED) is 0.605. The van der Waals surface area contributed by atoms with Gasteiger partial charge in [-0.3, -0.25) is 0 Å². The summed E-state index contributed by atoms with van der Waals surface area (Å²) in [5.41, 5.74) is 1.60. The highest BCUT2D eigenvalue weighted by atomic mass is 35.5. The maximum Gasteiger partial charge on any atom is 0.338 e. The minimum Gasteiger partial charge on any atom is -0.312 e. The topological polar surface area (TPSA) is 50.2 Å². The van der Waals surface area contributed by atoms with Crippen molar-refractivity contribution in [1.82, 2.24) is 9.55 Å². The van der Waals surface area contributed by atoms with Gasteiger partial charge in [-0.05, 0) is 23.8 Å². The molecule has 25 heavy (non-hydrogen) atoms. The number of rotatable bonds is 4. The van der Waals surface area contributed by atoms with Crippen LogP contribution in [0.25, 0.3) is 0 Å². The van der Waals surface area contributed by atoms with Crippen molar-refractivity contribution in [2.75, 3.05) is 9.62 Å². The highest BCUT2D eigenvalue weighted by molar-refractivity contribution is 7.82. The molecule has 1 heterocycles. The molecule has 1 aromatic heterocycles. The zero-order chi connectivity index (χ0) is 17.8. The Morgan fingerprint density at radius 1 is 1.16 bits per heavy atom. The van der Waals surface area contributed by atoms with E-state index in [-0.39, 0.29) is 0 Å². The number of carbonyl (C=O) groups excluding carboxylic acids is 1. The monoisotopic (exact) mass is 392 g/mol. The van der Waals surface area contributed by atoms with Gasteiger partial charge in [0.05, 0.1) is 16.6 Å². The van der Waals surface area contributed by atoms with Gasteiger partial charge in [0, 0.05) is 18.1 Å². The highest BCUT2D eigenvalue weighted by Crippen LogP contribution is 2.25. The third-order valence-corrected chi connectivity index (χ3v) is 4.54. The van der Waals surface area contributed by atoms with Crippen molar-refractivity contribution in [3.8, 4) is 0 Å². The molecule has 0 aliphatic heterocycles. The lowest BCUT2D eigenvalue weighted by Crippen LogP contribution is -2.29. The zero-order valence-corrected chi connectivity index (χ0v) is 15.3. The van der Waals surface area contributed by atoms with Gasteiger partial charge in [0.2, 0.25) is 5.95 Å². The summed E-state index contributed by atoms with van der Waals surface area (Å²) < 4.78 is 2.97. The first-order valence-corrected chi connectivity index (χ1v) is 8.50. The smallest absolute Gasteiger partial charge is 0.312 e. The van der Waals surface area contributed by atoms with Crippen LogP contribution in [0.2, 0.25) is 10.0 Å². The molecule has 0 bridgehead atoms. The molecule has 0 aliphatic rings. The Balaban J connectivity index is 1.74. The third kappa shape index (κ3) is 4.28. The number of benzene rings is 2. The van der Waals surface area contributed by atoms with Crippen LogP contribution in [0.5, 0.6) is 0 Å². The number of nitrogens with one attached hydrogen (secondary N) is 1. The Hall–Kier alpha value is -2.15. The van der Waals surface area contributed by atoms with Crippen LogP contribution in [-0.2, 0) is 6.54 Å². The molecule has 0 aliphatic carbocycles. The van der Waals surface area contributed by atoms with E-state index < -0.39 is 6.03 Å². The van der Waals surface area contributed by atoms with Gasteiger partial charge in [-0.15, -0.1) is 0 Å². The molecule has 0 saturated carbocycles. The summed E-state index contributed by atoms with van der Waals surface area (Å²) in [6.45, 7) is 0.577. The number of hydrogen-bond donors (Lipinski definition) is 2. The summed E-state index contributed by atoms with van der Waals surface area (Å²) in [6, 6.07) is 14.3. The Labute approximate surface area is 160 Å². The van der Waals surface area contributed by atoms with Gasteiger partial charge in [0.15, 0.2) is 0 Å². The molecule has 5 nitrogen and oxygen atoms in total. The second kappa shape index (κ2) is 7.82. The SMILES string of the molecule is O=C(Nc1ccc(Cl)c(Cl)c1)N(S)c1nccn1Cc1ccccc1. The molecule has 2 amide bonds. The van der Waals surface area contributed by atoms with Gasteiger partial charge >= 0.3 is 6.03 Å². The van der Waals surface area contributed by atoms with Crippen molar-refractivity contribution in [1.29, 1.82) is 0 Å². The van der Waals surface area contributed by atoms with Gasteiger partial charge in [0.1, 0.15) is 0 Å².